The quantitative estimate of drug-likeness (QED) is 0.188. The average molecular weight is 461 g/mol. The molecule has 1 aromatic rings. The maximum Gasteiger partial charge on any atom is 0.193 e. The van der Waals surface area contributed by atoms with Crippen molar-refractivity contribution in [3.63, 3.8) is 0 Å². The van der Waals surface area contributed by atoms with Crippen LogP contribution < -0.4 is 5.32 Å². The molecule has 0 saturated heterocycles. The monoisotopic (exact) mass is 461 g/mol. The van der Waals surface area contributed by atoms with Gasteiger partial charge in [-0.15, -0.1) is 30.6 Å². The van der Waals surface area contributed by atoms with E-state index >= 15 is 0 Å². The van der Waals surface area contributed by atoms with Crippen LogP contribution in [0.15, 0.2) is 23.7 Å². The Balaban J connectivity index is 0.00000576. The zero-order valence-electron chi connectivity index (χ0n) is 16.6. The number of nitrogens with one attached hydrogen (secondary N) is 1. The van der Waals surface area contributed by atoms with E-state index in [1.54, 1.807) is 0 Å². The van der Waals surface area contributed by atoms with Crippen molar-refractivity contribution < 1.29 is 0 Å². The molecule has 5 nitrogen and oxygen atoms in total. The number of hydrogen-bond donors (Lipinski definition) is 1. The molecule has 25 heavy (non-hydrogen) atoms. The number of aliphatic imine (C=N–C) groups is 1. The lowest BCUT2D eigenvalue weighted by atomic mass is 10.2. The summed E-state index contributed by atoms with van der Waals surface area (Å²) < 4.78 is 2.09. The van der Waals surface area contributed by atoms with Crippen molar-refractivity contribution in [2.45, 2.75) is 53.0 Å². The maximum atomic E-state index is 4.54. The molecule has 144 valence electrons. The zero-order valence-corrected chi connectivity index (χ0v) is 18.9. The van der Waals surface area contributed by atoms with Gasteiger partial charge in [0.2, 0.25) is 0 Å². The van der Waals surface area contributed by atoms with Crippen LogP contribution in [-0.2, 0) is 6.54 Å². The molecular formula is C19H36IN5. The van der Waals surface area contributed by atoms with E-state index in [2.05, 4.69) is 58.5 Å². The van der Waals surface area contributed by atoms with E-state index in [0.717, 1.165) is 37.7 Å². The largest absolute Gasteiger partial charge is 0.356 e. The molecule has 0 aliphatic rings. The minimum absolute atomic E-state index is 0. The molecule has 1 rings (SSSR count). The highest BCUT2D eigenvalue weighted by Crippen LogP contribution is 2.06. The molecular weight excluding hydrogens is 425 g/mol. The number of rotatable bonds is 10. The Hall–Kier alpha value is -1.05. The van der Waals surface area contributed by atoms with Crippen molar-refractivity contribution in [2.75, 3.05) is 27.2 Å². The Bertz CT molecular complexity index is 524. The third-order valence-corrected chi connectivity index (χ3v) is 4.17. The SMILES string of the molecule is C=CCCCCCN(C)C(=NC)NCC(C)Cn1nc(C)cc1C.I. The standard InChI is InChI=1S/C19H35N5.HI/c1-7-8-9-10-11-12-23(6)19(20-5)21-14-16(2)15-24-18(4)13-17(3)22-24;/h7,13,16H,1,8-12,14-15H2,2-6H3,(H,20,21);1H. The highest BCUT2D eigenvalue weighted by molar-refractivity contribution is 14.0. The van der Waals surface area contributed by atoms with E-state index < -0.39 is 0 Å². The molecule has 1 unspecified atom stereocenters. The van der Waals surface area contributed by atoms with Gasteiger partial charge in [0.25, 0.3) is 0 Å². The molecule has 1 aromatic heterocycles. The van der Waals surface area contributed by atoms with Crippen molar-refractivity contribution in [2.24, 2.45) is 10.9 Å². The fourth-order valence-electron chi connectivity index (χ4n) is 2.79. The van der Waals surface area contributed by atoms with Crippen LogP contribution >= 0.6 is 24.0 Å². The van der Waals surface area contributed by atoms with Crippen molar-refractivity contribution in [3.05, 3.63) is 30.1 Å². The minimum Gasteiger partial charge on any atom is -0.356 e. The minimum atomic E-state index is 0. The van der Waals surface area contributed by atoms with E-state index in [9.17, 15) is 0 Å². The summed E-state index contributed by atoms with van der Waals surface area (Å²) in [4.78, 5) is 6.61. The van der Waals surface area contributed by atoms with Crippen LogP contribution in [0.2, 0.25) is 0 Å². The van der Waals surface area contributed by atoms with Crippen LogP contribution in [0.3, 0.4) is 0 Å². The molecule has 0 spiro atoms. The summed E-state index contributed by atoms with van der Waals surface area (Å²) in [7, 11) is 3.96. The van der Waals surface area contributed by atoms with Crippen LogP contribution in [0.5, 0.6) is 0 Å². The molecule has 6 heteroatoms. The highest BCUT2D eigenvalue weighted by Gasteiger charge is 2.10. The summed E-state index contributed by atoms with van der Waals surface area (Å²) in [5.41, 5.74) is 2.31. The van der Waals surface area contributed by atoms with Gasteiger partial charge in [0.05, 0.1) is 5.69 Å². The van der Waals surface area contributed by atoms with Gasteiger partial charge in [0, 0.05) is 39.4 Å². The molecule has 0 fully saturated rings. The van der Waals surface area contributed by atoms with E-state index in [0.29, 0.717) is 5.92 Å². The molecule has 1 N–H and O–H groups in total. The van der Waals surface area contributed by atoms with Crippen LogP contribution in [0.4, 0.5) is 0 Å². The molecule has 1 atom stereocenters. The third-order valence-electron chi connectivity index (χ3n) is 4.17. The van der Waals surface area contributed by atoms with Gasteiger partial charge >= 0.3 is 0 Å². The van der Waals surface area contributed by atoms with Gasteiger partial charge in [0.15, 0.2) is 5.96 Å². The Morgan fingerprint density at radius 2 is 2.12 bits per heavy atom. The molecule has 1 heterocycles. The molecule has 0 bridgehead atoms. The lowest BCUT2D eigenvalue weighted by Crippen LogP contribution is -2.41. The first-order valence-corrected chi connectivity index (χ1v) is 9.01. The van der Waals surface area contributed by atoms with Crippen molar-refractivity contribution in [1.82, 2.24) is 20.0 Å². The first-order valence-electron chi connectivity index (χ1n) is 9.01. The van der Waals surface area contributed by atoms with Crippen LogP contribution in [0.25, 0.3) is 0 Å². The molecule has 0 saturated carbocycles. The number of halogens is 1. The summed E-state index contributed by atoms with van der Waals surface area (Å²) in [6, 6.07) is 2.12. The second-order valence-electron chi connectivity index (χ2n) is 6.70. The summed E-state index contributed by atoms with van der Waals surface area (Å²) in [6.45, 7) is 13.0. The van der Waals surface area contributed by atoms with Gasteiger partial charge < -0.3 is 10.2 Å². The smallest absolute Gasteiger partial charge is 0.193 e. The van der Waals surface area contributed by atoms with Crippen molar-refractivity contribution in [1.29, 1.82) is 0 Å². The van der Waals surface area contributed by atoms with E-state index in [4.69, 9.17) is 0 Å². The molecule has 0 aliphatic carbocycles. The van der Waals surface area contributed by atoms with E-state index in [1.807, 2.05) is 20.0 Å². The van der Waals surface area contributed by atoms with Gasteiger partial charge in [-0.3, -0.25) is 9.67 Å². The second kappa shape index (κ2) is 13.2. The Kier molecular flexibility index (Phi) is 12.6. The molecule has 0 aromatic carbocycles. The van der Waals surface area contributed by atoms with Crippen molar-refractivity contribution >= 4 is 29.9 Å². The number of unbranched alkanes of at least 4 members (excludes halogenated alkanes) is 3. The lowest BCUT2D eigenvalue weighted by molar-refractivity contribution is 0.414. The van der Waals surface area contributed by atoms with E-state index in [1.165, 1.54) is 25.0 Å². The maximum absolute atomic E-state index is 4.54. The molecule has 0 amide bonds. The number of guanidine groups is 1. The van der Waals surface area contributed by atoms with Gasteiger partial charge in [-0.2, -0.15) is 5.10 Å². The highest BCUT2D eigenvalue weighted by atomic mass is 127. The number of nitrogens with zero attached hydrogens (tertiary/aromatic N) is 4. The lowest BCUT2D eigenvalue weighted by Gasteiger charge is -2.23. The summed E-state index contributed by atoms with van der Waals surface area (Å²) in [5.74, 6) is 1.46. The topological polar surface area (TPSA) is 45.5 Å². The number of aromatic nitrogens is 2. The first kappa shape index (κ1) is 23.9. The Labute approximate surface area is 171 Å². The summed E-state index contributed by atoms with van der Waals surface area (Å²) in [6.07, 6.45) is 6.76. The van der Waals surface area contributed by atoms with Crippen LogP contribution in [0, 0.1) is 19.8 Å². The predicted octanol–water partition coefficient (Wildman–Crippen LogP) is 4.01. The third kappa shape index (κ3) is 9.28. The molecule has 0 aliphatic heterocycles. The Morgan fingerprint density at radius 3 is 2.68 bits per heavy atom. The van der Waals surface area contributed by atoms with Crippen molar-refractivity contribution in [3.8, 4) is 0 Å². The Morgan fingerprint density at radius 1 is 1.40 bits per heavy atom. The fourth-order valence-corrected chi connectivity index (χ4v) is 2.79. The second-order valence-corrected chi connectivity index (χ2v) is 6.70. The first-order chi connectivity index (χ1) is 11.5. The number of hydrogen-bond acceptors (Lipinski definition) is 2. The van der Waals surface area contributed by atoms with Gasteiger partial charge in [0.1, 0.15) is 0 Å². The number of allylic oxidation sites excluding steroid dienone is 1. The van der Waals surface area contributed by atoms with E-state index in [-0.39, 0.29) is 24.0 Å². The van der Waals surface area contributed by atoms with Crippen LogP contribution in [-0.4, -0.2) is 47.8 Å². The summed E-state index contributed by atoms with van der Waals surface area (Å²) in [5, 5.41) is 8.02. The molecule has 0 radical (unpaired) electrons. The summed E-state index contributed by atoms with van der Waals surface area (Å²) >= 11 is 0. The zero-order chi connectivity index (χ0) is 17.9. The van der Waals surface area contributed by atoms with Gasteiger partial charge in [-0.1, -0.05) is 19.4 Å². The predicted molar refractivity (Wildman–Crippen MR) is 119 cm³/mol. The van der Waals surface area contributed by atoms with Gasteiger partial charge in [-0.25, -0.2) is 0 Å². The fraction of sp³-hybridized carbons (Fsp3) is 0.684. The normalized spacial score (nSPS) is 12.4. The average Bonchev–Trinajstić information content (AvgIpc) is 2.85. The van der Waals surface area contributed by atoms with Gasteiger partial charge in [-0.05, 0) is 45.1 Å². The van der Waals surface area contributed by atoms with Crippen LogP contribution in [0.1, 0.15) is 44.0 Å². The number of aryl methyl sites for hydroxylation is 2.